The molecule has 1 atom stereocenters. The Morgan fingerprint density at radius 2 is 1.89 bits per heavy atom. The van der Waals surface area contributed by atoms with Crippen molar-refractivity contribution in [3.63, 3.8) is 0 Å². The number of benzene rings is 3. The van der Waals surface area contributed by atoms with E-state index in [4.69, 9.17) is 0 Å². The molecule has 0 radical (unpaired) electrons. The minimum atomic E-state index is -0.0983. The average molecular weight is 371 g/mol. The average Bonchev–Trinajstić information content (AvgIpc) is 2.74. The Labute approximate surface area is 165 Å². The number of hydrogen-bond donors (Lipinski definition) is 1. The number of carbonyl (C=O) groups is 2. The van der Waals surface area contributed by atoms with Gasteiger partial charge in [0.25, 0.3) is 5.91 Å². The van der Waals surface area contributed by atoms with E-state index >= 15 is 0 Å². The fraction of sp³-hybridized carbons (Fsp3) is 0.280. The molecular formula is C25H25NO2. The van der Waals surface area contributed by atoms with Gasteiger partial charge in [-0.1, -0.05) is 61.9 Å². The van der Waals surface area contributed by atoms with E-state index in [0.717, 1.165) is 47.8 Å². The van der Waals surface area contributed by atoms with Crippen molar-refractivity contribution in [3.05, 3.63) is 82.9 Å². The van der Waals surface area contributed by atoms with Crippen molar-refractivity contribution in [2.24, 2.45) is 5.92 Å². The lowest BCUT2D eigenvalue weighted by atomic mass is 9.80. The number of hydrogen-bond acceptors (Lipinski definition) is 2. The standard InChI is InChI=1S/C25H25NO2/c1-2-6-18-11-12-19-15-20(13-14-23(19)24(18)27)25(28)26-16-21-9-5-8-17-7-3-4-10-22(17)21/h3-5,7-10,13-15,18H,2,6,11-12,16H2,1H3,(H,26,28). The van der Waals surface area contributed by atoms with Crippen LogP contribution in [-0.4, -0.2) is 11.7 Å². The summed E-state index contributed by atoms with van der Waals surface area (Å²) in [6.07, 6.45) is 3.74. The molecular weight excluding hydrogens is 346 g/mol. The SMILES string of the molecule is CCCC1CCc2cc(C(=O)NCc3cccc4ccccc34)ccc2C1=O. The van der Waals surface area contributed by atoms with Gasteiger partial charge in [-0.25, -0.2) is 0 Å². The van der Waals surface area contributed by atoms with Gasteiger partial charge in [-0.3, -0.25) is 9.59 Å². The minimum absolute atomic E-state index is 0.0983. The highest BCUT2D eigenvalue weighted by atomic mass is 16.1. The Hall–Kier alpha value is -2.94. The van der Waals surface area contributed by atoms with Gasteiger partial charge in [0.05, 0.1) is 0 Å². The van der Waals surface area contributed by atoms with Gasteiger partial charge in [-0.05, 0) is 53.3 Å². The van der Waals surface area contributed by atoms with E-state index in [-0.39, 0.29) is 17.6 Å². The molecule has 3 aromatic carbocycles. The van der Waals surface area contributed by atoms with Crippen LogP contribution in [0.1, 0.15) is 58.0 Å². The van der Waals surface area contributed by atoms with Crippen molar-refractivity contribution in [1.29, 1.82) is 0 Å². The van der Waals surface area contributed by atoms with Crippen molar-refractivity contribution in [2.45, 2.75) is 39.2 Å². The van der Waals surface area contributed by atoms with Crippen LogP contribution < -0.4 is 5.32 Å². The molecule has 3 nitrogen and oxygen atoms in total. The minimum Gasteiger partial charge on any atom is -0.348 e. The summed E-state index contributed by atoms with van der Waals surface area (Å²) in [6.45, 7) is 2.60. The zero-order chi connectivity index (χ0) is 19.5. The van der Waals surface area contributed by atoms with Gasteiger partial charge in [0, 0.05) is 23.6 Å². The molecule has 0 bridgehead atoms. The van der Waals surface area contributed by atoms with E-state index < -0.39 is 0 Å². The summed E-state index contributed by atoms with van der Waals surface area (Å²) in [5.74, 6) is 0.285. The highest BCUT2D eigenvalue weighted by Crippen LogP contribution is 2.29. The topological polar surface area (TPSA) is 46.2 Å². The summed E-state index contributed by atoms with van der Waals surface area (Å²) in [4.78, 5) is 25.3. The first-order chi connectivity index (χ1) is 13.7. The van der Waals surface area contributed by atoms with Gasteiger partial charge < -0.3 is 5.32 Å². The molecule has 0 saturated carbocycles. The third-order valence-electron chi connectivity index (χ3n) is 5.72. The van der Waals surface area contributed by atoms with Crippen LogP contribution in [0.2, 0.25) is 0 Å². The first-order valence-electron chi connectivity index (χ1n) is 10.1. The molecule has 0 saturated heterocycles. The zero-order valence-electron chi connectivity index (χ0n) is 16.2. The molecule has 0 aromatic heterocycles. The summed E-state index contributed by atoms with van der Waals surface area (Å²) >= 11 is 0. The number of nitrogens with one attached hydrogen (secondary N) is 1. The second kappa shape index (κ2) is 7.97. The van der Waals surface area contributed by atoms with E-state index in [9.17, 15) is 9.59 Å². The molecule has 1 amide bonds. The Morgan fingerprint density at radius 3 is 2.75 bits per heavy atom. The highest BCUT2D eigenvalue weighted by Gasteiger charge is 2.27. The highest BCUT2D eigenvalue weighted by molar-refractivity contribution is 6.02. The molecule has 142 valence electrons. The first-order valence-corrected chi connectivity index (χ1v) is 10.1. The summed E-state index contributed by atoms with van der Waals surface area (Å²) in [5, 5.41) is 5.36. The van der Waals surface area contributed by atoms with Gasteiger partial charge in [0.2, 0.25) is 0 Å². The molecule has 0 spiro atoms. The second-order valence-electron chi connectivity index (χ2n) is 7.58. The number of amides is 1. The van der Waals surface area contributed by atoms with Crippen LogP contribution in [0.3, 0.4) is 0 Å². The summed E-state index contributed by atoms with van der Waals surface area (Å²) < 4.78 is 0. The van der Waals surface area contributed by atoms with E-state index in [2.05, 4.69) is 30.4 Å². The molecule has 1 aliphatic rings. The molecule has 28 heavy (non-hydrogen) atoms. The fourth-order valence-corrected chi connectivity index (χ4v) is 4.21. The van der Waals surface area contributed by atoms with E-state index in [1.165, 1.54) is 5.39 Å². The van der Waals surface area contributed by atoms with Gasteiger partial charge in [-0.15, -0.1) is 0 Å². The normalized spacial score (nSPS) is 16.0. The maximum absolute atomic E-state index is 12.7. The van der Waals surface area contributed by atoms with Gasteiger partial charge in [-0.2, -0.15) is 0 Å². The number of carbonyl (C=O) groups excluding carboxylic acids is 2. The molecule has 3 heteroatoms. The Morgan fingerprint density at radius 1 is 1.07 bits per heavy atom. The number of ketones is 1. The molecule has 0 aliphatic heterocycles. The lowest BCUT2D eigenvalue weighted by Crippen LogP contribution is -2.25. The van der Waals surface area contributed by atoms with Gasteiger partial charge >= 0.3 is 0 Å². The lowest BCUT2D eigenvalue weighted by molar-refractivity contribution is 0.0891. The van der Waals surface area contributed by atoms with Crippen LogP contribution in [0.4, 0.5) is 0 Å². The maximum Gasteiger partial charge on any atom is 0.251 e. The lowest BCUT2D eigenvalue weighted by Gasteiger charge is -2.23. The number of aryl methyl sites for hydroxylation is 1. The van der Waals surface area contributed by atoms with Crippen molar-refractivity contribution in [2.75, 3.05) is 0 Å². The molecule has 3 aromatic rings. The van der Waals surface area contributed by atoms with Crippen molar-refractivity contribution in [1.82, 2.24) is 5.32 Å². The van der Waals surface area contributed by atoms with Crippen molar-refractivity contribution >= 4 is 22.5 Å². The third-order valence-corrected chi connectivity index (χ3v) is 5.72. The third kappa shape index (κ3) is 3.57. The number of rotatable bonds is 5. The van der Waals surface area contributed by atoms with Crippen LogP contribution in [0, 0.1) is 5.92 Å². The molecule has 0 heterocycles. The quantitative estimate of drug-likeness (QED) is 0.660. The molecule has 1 N–H and O–H groups in total. The summed E-state index contributed by atoms with van der Waals surface area (Å²) in [5.41, 5.74) is 3.54. The van der Waals surface area contributed by atoms with E-state index in [1.54, 1.807) is 6.07 Å². The van der Waals surface area contributed by atoms with E-state index in [1.807, 2.05) is 36.4 Å². The fourth-order valence-electron chi connectivity index (χ4n) is 4.21. The first kappa shape index (κ1) is 18.4. The molecule has 1 aliphatic carbocycles. The zero-order valence-corrected chi connectivity index (χ0v) is 16.2. The summed E-state index contributed by atoms with van der Waals surface area (Å²) in [6, 6.07) is 19.8. The predicted molar refractivity (Wildman–Crippen MR) is 113 cm³/mol. The molecule has 4 rings (SSSR count). The smallest absolute Gasteiger partial charge is 0.251 e. The number of Topliss-reactive ketones (excluding diaryl/α,β-unsaturated/α-hetero) is 1. The molecule has 1 unspecified atom stereocenters. The Kier molecular flexibility index (Phi) is 5.25. The van der Waals surface area contributed by atoms with Crippen LogP contribution in [0.15, 0.2) is 60.7 Å². The van der Waals surface area contributed by atoms with Crippen LogP contribution >= 0.6 is 0 Å². The van der Waals surface area contributed by atoms with Gasteiger partial charge in [0.1, 0.15) is 0 Å². The second-order valence-corrected chi connectivity index (χ2v) is 7.58. The number of fused-ring (bicyclic) bond motifs is 2. The van der Waals surface area contributed by atoms with Crippen LogP contribution in [0.25, 0.3) is 10.8 Å². The van der Waals surface area contributed by atoms with Crippen molar-refractivity contribution in [3.8, 4) is 0 Å². The van der Waals surface area contributed by atoms with E-state index in [0.29, 0.717) is 12.1 Å². The van der Waals surface area contributed by atoms with Crippen LogP contribution in [0.5, 0.6) is 0 Å². The Bertz CT molecular complexity index is 1030. The Balaban J connectivity index is 1.49. The van der Waals surface area contributed by atoms with Gasteiger partial charge in [0.15, 0.2) is 5.78 Å². The van der Waals surface area contributed by atoms with Crippen molar-refractivity contribution < 1.29 is 9.59 Å². The summed E-state index contributed by atoms with van der Waals surface area (Å²) in [7, 11) is 0. The molecule has 0 fully saturated rings. The largest absolute Gasteiger partial charge is 0.348 e. The maximum atomic E-state index is 12.7. The monoisotopic (exact) mass is 371 g/mol. The predicted octanol–water partition coefficient (Wildman–Crippen LogP) is 5.32. The van der Waals surface area contributed by atoms with Crippen LogP contribution in [-0.2, 0) is 13.0 Å².